The number of ether oxygens (including phenoxy) is 3. The predicted octanol–water partition coefficient (Wildman–Crippen LogP) is 5.81. The zero-order valence-electron chi connectivity index (χ0n) is 22.1. The summed E-state index contributed by atoms with van der Waals surface area (Å²) in [6.45, 7) is 0. The van der Waals surface area contributed by atoms with E-state index in [2.05, 4.69) is 0 Å². The van der Waals surface area contributed by atoms with E-state index < -0.39 is 70.1 Å². The molecule has 0 aromatic heterocycles. The van der Waals surface area contributed by atoms with Crippen LogP contribution in [0.4, 0.5) is 32.0 Å². The molecule has 1 atom stereocenters. The maximum atomic E-state index is 15.3. The van der Waals surface area contributed by atoms with E-state index in [4.69, 9.17) is 19.9 Å². The van der Waals surface area contributed by atoms with Crippen LogP contribution in [0.1, 0.15) is 17.0 Å². The van der Waals surface area contributed by atoms with E-state index in [1.807, 2.05) is 6.07 Å². The van der Waals surface area contributed by atoms with Crippen LogP contribution in [0.25, 0.3) is 0 Å². The highest BCUT2D eigenvalue weighted by atomic mass is 19.4. The Hall–Kier alpha value is -5.45. The number of methoxy groups -OCH3 is 2. The fraction of sp³-hybridized carbons (Fsp3) is 0.138. The van der Waals surface area contributed by atoms with Gasteiger partial charge in [-0.25, -0.2) is 22.8 Å². The number of hydrogen-bond acceptors (Lipinski definition) is 8. The summed E-state index contributed by atoms with van der Waals surface area (Å²) >= 11 is 0. The molecule has 0 saturated carbocycles. The number of hydrogen-bond donors (Lipinski definition) is 1. The van der Waals surface area contributed by atoms with Crippen LogP contribution in [0.15, 0.2) is 83.3 Å². The molecule has 0 spiro atoms. The van der Waals surface area contributed by atoms with Gasteiger partial charge in [0.2, 0.25) is 0 Å². The van der Waals surface area contributed by atoms with E-state index in [1.54, 1.807) is 30.3 Å². The van der Waals surface area contributed by atoms with Crippen LogP contribution in [0.5, 0.6) is 11.5 Å². The summed E-state index contributed by atoms with van der Waals surface area (Å²) in [6, 6.07) is 12.5. The van der Waals surface area contributed by atoms with Crippen molar-refractivity contribution in [3.63, 3.8) is 0 Å². The highest BCUT2D eigenvalue weighted by molar-refractivity contribution is 6.06. The minimum absolute atomic E-state index is 0.0156. The average Bonchev–Trinajstić information content (AvgIpc) is 2.98. The second-order valence-electron chi connectivity index (χ2n) is 8.82. The molecule has 2 N–H and O–H groups in total. The first-order valence-electron chi connectivity index (χ1n) is 12.0. The van der Waals surface area contributed by atoms with Crippen LogP contribution in [0.3, 0.4) is 0 Å². The molecule has 0 fully saturated rings. The van der Waals surface area contributed by atoms with E-state index in [0.717, 1.165) is 31.3 Å². The van der Waals surface area contributed by atoms with Gasteiger partial charge in [-0.15, -0.1) is 0 Å². The monoisotopic (exact) mass is 603 g/mol. The lowest BCUT2D eigenvalue weighted by Crippen LogP contribution is -2.40. The Morgan fingerprint density at radius 2 is 1.51 bits per heavy atom. The van der Waals surface area contributed by atoms with Gasteiger partial charge in [0.15, 0.2) is 29.0 Å². The molecule has 4 rings (SSSR count). The van der Waals surface area contributed by atoms with Gasteiger partial charge in [0.25, 0.3) is 0 Å². The summed E-state index contributed by atoms with van der Waals surface area (Å²) in [5, 5.41) is 10.1. The summed E-state index contributed by atoms with van der Waals surface area (Å²) in [7, 11) is 2.04. The molecule has 1 unspecified atom stereocenters. The molecule has 0 bridgehead atoms. The number of anilines is 1. The summed E-state index contributed by atoms with van der Waals surface area (Å²) in [6.07, 6.45) is -5.05. The lowest BCUT2D eigenvalue weighted by atomic mass is 9.81. The molecule has 1 heterocycles. The largest absolute Gasteiger partial charge is 0.466 e. The Morgan fingerprint density at radius 3 is 2.02 bits per heavy atom. The maximum absolute atomic E-state index is 15.3. The number of nitriles is 1. The van der Waals surface area contributed by atoms with Crippen LogP contribution >= 0.6 is 0 Å². The van der Waals surface area contributed by atoms with E-state index >= 15 is 4.39 Å². The molecule has 1 aliphatic rings. The minimum atomic E-state index is -5.05. The smallest absolute Gasteiger partial charge is 0.416 e. The molecule has 0 aliphatic carbocycles. The van der Waals surface area contributed by atoms with Crippen molar-refractivity contribution in [1.82, 2.24) is 0 Å². The van der Waals surface area contributed by atoms with Crippen molar-refractivity contribution in [2.45, 2.75) is 12.1 Å². The predicted molar refractivity (Wildman–Crippen MR) is 137 cm³/mol. The molecule has 43 heavy (non-hydrogen) atoms. The van der Waals surface area contributed by atoms with Crippen molar-refractivity contribution in [3.05, 3.63) is 112 Å². The molecule has 0 radical (unpaired) electrons. The Bertz CT molecular complexity index is 1690. The number of allylic oxidation sites excluding steroid dienone is 1. The Morgan fingerprint density at radius 1 is 0.907 bits per heavy atom. The van der Waals surface area contributed by atoms with Gasteiger partial charge < -0.3 is 19.9 Å². The molecule has 14 heteroatoms. The van der Waals surface area contributed by atoms with E-state index in [0.29, 0.717) is 11.6 Å². The number of benzene rings is 3. The normalized spacial score (nSPS) is 15.2. The second kappa shape index (κ2) is 11.8. The molecule has 0 saturated heterocycles. The topological polar surface area (TPSA) is 115 Å². The molecule has 3 aromatic carbocycles. The number of carbonyl (C=O) groups is 2. The van der Waals surface area contributed by atoms with Crippen LogP contribution in [0, 0.1) is 28.8 Å². The Labute approximate surface area is 239 Å². The third kappa shape index (κ3) is 5.69. The fourth-order valence-electron chi connectivity index (χ4n) is 4.42. The number of halogens is 6. The SMILES string of the molecule is COC(=O)C1=C(C(=O)OC)N(c2ccc(Oc3c(F)cc(C(F)(F)F)cc3F)c(F)c2)C(N)=C(C#N)C1c1ccccc1. The third-order valence-corrected chi connectivity index (χ3v) is 6.32. The molecule has 222 valence electrons. The quantitative estimate of drug-likeness (QED) is 0.277. The van der Waals surface area contributed by atoms with Crippen molar-refractivity contribution >= 4 is 17.6 Å². The van der Waals surface area contributed by atoms with Crippen LogP contribution in [-0.2, 0) is 25.2 Å². The van der Waals surface area contributed by atoms with Gasteiger partial charge in [0.05, 0.1) is 48.6 Å². The van der Waals surface area contributed by atoms with E-state index in [1.165, 1.54) is 0 Å². The van der Waals surface area contributed by atoms with Crippen molar-refractivity contribution < 1.29 is 50.1 Å². The van der Waals surface area contributed by atoms with Crippen molar-refractivity contribution in [1.29, 1.82) is 5.26 Å². The van der Waals surface area contributed by atoms with Crippen molar-refractivity contribution in [3.8, 4) is 17.6 Å². The first kappa shape index (κ1) is 30.5. The number of nitrogens with zero attached hydrogens (tertiary/aromatic N) is 2. The van der Waals surface area contributed by atoms with Gasteiger partial charge >= 0.3 is 18.1 Å². The number of alkyl halides is 3. The molecule has 8 nitrogen and oxygen atoms in total. The highest BCUT2D eigenvalue weighted by Crippen LogP contribution is 2.44. The summed E-state index contributed by atoms with van der Waals surface area (Å²) in [5.41, 5.74) is 3.73. The van der Waals surface area contributed by atoms with Crippen LogP contribution in [0.2, 0.25) is 0 Å². The second-order valence-corrected chi connectivity index (χ2v) is 8.82. The van der Waals surface area contributed by atoms with Crippen molar-refractivity contribution in [2.24, 2.45) is 5.73 Å². The first-order valence-corrected chi connectivity index (χ1v) is 12.0. The molecule has 1 aliphatic heterocycles. The molecular formula is C29H19F6N3O5. The van der Waals surface area contributed by atoms with Gasteiger partial charge in [0, 0.05) is 6.07 Å². The summed E-state index contributed by atoms with van der Waals surface area (Å²) in [5.74, 6) is -10.7. The lowest BCUT2D eigenvalue weighted by molar-refractivity contribution is -0.139. The Balaban J connectivity index is 1.87. The minimum Gasteiger partial charge on any atom is -0.466 e. The fourth-order valence-corrected chi connectivity index (χ4v) is 4.42. The van der Waals surface area contributed by atoms with Gasteiger partial charge in [-0.3, -0.25) is 4.90 Å². The zero-order valence-corrected chi connectivity index (χ0v) is 22.1. The lowest BCUT2D eigenvalue weighted by Gasteiger charge is -2.35. The van der Waals surface area contributed by atoms with Gasteiger partial charge in [-0.2, -0.15) is 18.4 Å². The Kier molecular flexibility index (Phi) is 8.38. The summed E-state index contributed by atoms with van der Waals surface area (Å²) < 4.78 is 97.2. The number of nitrogens with two attached hydrogens (primary N) is 1. The van der Waals surface area contributed by atoms with Crippen LogP contribution in [-0.4, -0.2) is 26.2 Å². The van der Waals surface area contributed by atoms with E-state index in [9.17, 15) is 36.8 Å². The zero-order chi connectivity index (χ0) is 31.6. The first-order chi connectivity index (χ1) is 20.3. The maximum Gasteiger partial charge on any atom is 0.416 e. The van der Waals surface area contributed by atoms with Gasteiger partial charge in [0.1, 0.15) is 11.5 Å². The van der Waals surface area contributed by atoms with Gasteiger partial charge in [-0.1, -0.05) is 30.3 Å². The number of rotatable bonds is 6. The highest BCUT2D eigenvalue weighted by Gasteiger charge is 2.43. The average molecular weight is 603 g/mol. The third-order valence-electron chi connectivity index (χ3n) is 6.32. The summed E-state index contributed by atoms with van der Waals surface area (Å²) in [4.78, 5) is 27.0. The molecular weight excluding hydrogens is 584 g/mol. The molecule has 0 amide bonds. The van der Waals surface area contributed by atoms with E-state index in [-0.39, 0.29) is 29.0 Å². The number of esters is 2. The number of carbonyl (C=O) groups excluding carboxylic acids is 2. The van der Waals surface area contributed by atoms with Gasteiger partial charge in [-0.05, 0) is 29.8 Å². The standard InChI is InChI=1S/C29H19F6N3O5/c1-41-27(39)23-22(14-6-4-3-5-7-14)17(13-36)26(37)38(24(23)28(40)42-2)16-8-9-21(18(30)12-16)43-25-19(31)10-15(11-20(25)32)29(33,34)35/h3-12,22H,37H2,1-2H3. The van der Waals surface area contributed by atoms with Crippen molar-refractivity contribution in [2.75, 3.05) is 19.1 Å². The molecule has 3 aromatic rings. The van der Waals surface area contributed by atoms with Crippen LogP contribution < -0.4 is 15.4 Å².